The van der Waals surface area contributed by atoms with Crippen molar-refractivity contribution in [2.75, 3.05) is 32.1 Å². The zero-order valence-electron chi connectivity index (χ0n) is 9.47. The first-order chi connectivity index (χ1) is 6.06. The van der Waals surface area contributed by atoms with Crippen molar-refractivity contribution in [1.82, 2.24) is 4.90 Å². The number of hydrogen-bond donors (Lipinski definition) is 0. The second-order valence-corrected chi connectivity index (χ2v) is 5.87. The van der Waals surface area contributed by atoms with Gasteiger partial charge in [-0.3, -0.25) is 0 Å². The number of likely N-dealkylation sites (tertiary alicyclic amines) is 1. The van der Waals surface area contributed by atoms with Gasteiger partial charge in [-0.2, -0.15) is 11.8 Å². The maximum atomic E-state index is 2.45. The van der Waals surface area contributed by atoms with Crippen molar-refractivity contribution in [2.24, 2.45) is 11.3 Å². The van der Waals surface area contributed by atoms with Crippen LogP contribution in [0.25, 0.3) is 0 Å². The van der Waals surface area contributed by atoms with E-state index in [-0.39, 0.29) is 0 Å². The van der Waals surface area contributed by atoms with E-state index in [1.807, 2.05) is 11.8 Å². The maximum Gasteiger partial charge on any atom is -0.00162 e. The van der Waals surface area contributed by atoms with Gasteiger partial charge in [0.05, 0.1) is 0 Å². The summed E-state index contributed by atoms with van der Waals surface area (Å²) in [6, 6.07) is 0. The van der Waals surface area contributed by atoms with Crippen LogP contribution in [0.5, 0.6) is 0 Å². The second kappa shape index (κ2) is 4.70. The summed E-state index contributed by atoms with van der Waals surface area (Å²) in [6.45, 7) is 7.45. The molecule has 0 aliphatic carbocycles. The predicted octanol–water partition coefficient (Wildman–Crippen LogP) is 2.72. The molecule has 0 unspecified atom stereocenters. The normalized spacial score (nSPS) is 22.2. The maximum absolute atomic E-state index is 2.45. The third-order valence-corrected chi connectivity index (χ3v) is 4.37. The summed E-state index contributed by atoms with van der Waals surface area (Å²) in [5, 5.41) is 0. The molecule has 2 heteroatoms. The minimum absolute atomic E-state index is 0.542. The number of piperidine rings is 1. The Hall–Kier alpha value is 0.310. The number of thioether (sulfide) groups is 1. The molecule has 1 fully saturated rings. The highest BCUT2D eigenvalue weighted by Gasteiger charge is 2.30. The Morgan fingerprint density at radius 1 is 1.31 bits per heavy atom. The van der Waals surface area contributed by atoms with Gasteiger partial charge in [0, 0.05) is 0 Å². The fourth-order valence-corrected chi connectivity index (χ4v) is 3.26. The number of rotatable bonds is 3. The summed E-state index contributed by atoms with van der Waals surface area (Å²) in [5.41, 5.74) is 0.542. The molecule has 0 radical (unpaired) electrons. The fraction of sp³-hybridized carbons (Fsp3) is 1.00. The van der Waals surface area contributed by atoms with Crippen LogP contribution in [0.4, 0.5) is 0 Å². The van der Waals surface area contributed by atoms with Gasteiger partial charge in [-0.05, 0) is 56.3 Å². The molecule has 0 aromatic heterocycles. The quantitative estimate of drug-likeness (QED) is 0.691. The summed E-state index contributed by atoms with van der Waals surface area (Å²) in [7, 11) is 2.23. The van der Waals surface area contributed by atoms with Crippen molar-refractivity contribution < 1.29 is 0 Å². The topological polar surface area (TPSA) is 3.24 Å². The van der Waals surface area contributed by atoms with Gasteiger partial charge in [-0.1, -0.05) is 13.8 Å². The SMILES string of the molecule is CSCC(C)(C)C1CCN(C)CC1. The highest BCUT2D eigenvalue weighted by atomic mass is 32.2. The van der Waals surface area contributed by atoms with Crippen LogP contribution in [0.1, 0.15) is 26.7 Å². The van der Waals surface area contributed by atoms with Crippen molar-refractivity contribution in [3.63, 3.8) is 0 Å². The van der Waals surface area contributed by atoms with Gasteiger partial charge < -0.3 is 4.90 Å². The molecule has 1 saturated heterocycles. The highest BCUT2D eigenvalue weighted by molar-refractivity contribution is 7.98. The van der Waals surface area contributed by atoms with Crippen LogP contribution in [0, 0.1) is 11.3 Å². The molecule has 78 valence electrons. The van der Waals surface area contributed by atoms with Gasteiger partial charge in [0.25, 0.3) is 0 Å². The van der Waals surface area contributed by atoms with E-state index in [0.29, 0.717) is 5.41 Å². The minimum atomic E-state index is 0.542. The van der Waals surface area contributed by atoms with E-state index in [9.17, 15) is 0 Å². The van der Waals surface area contributed by atoms with Crippen LogP contribution in [0.2, 0.25) is 0 Å². The molecule has 1 aliphatic rings. The predicted molar refractivity (Wildman–Crippen MR) is 62.4 cm³/mol. The van der Waals surface area contributed by atoms with Crippen molar-refractivity contribution in [2.45, 2.75) is 26.7 Å². The Balaban J connectivity index is 2.42. The molecule has 1 heterocycles. The molecular weight excluding hydrogens is 178 g/mol. The molecule has 0 aromatic rings. The van der Waals surface area contributed by atoms with E-state index in [0.717, 1.165) is 5.92 Å². The second-order valence-electron chi connectivity index (χ2n) is 5.00. The van der Waals surface area contributed by atoms with E-state index in [1.54, 1.807) is 0 Å². The number of nitrogens with zero attached hydrogens (tertiary/aromatic N) is 1. The number of hydrogen-bond acceptors (Lipinski definition) is 2. The average molecular weight is 201 g/mol. The smallest absolute Gasteiger partial charge is 0.00162 e. The molecule has 1 nitrogen and oxygen atoms in total. The molecule has 0 spiro atoms. The van der Waals surface area contributed by atoms with Crippen LogP contribution in [0.15, 0.2) is 0 Å². The van der Waals surface area contributed by atoms with Crippen molar-refractivity contribution >= 4 is 11.8 Å². The zero-order valence-corrected chi connectivity index (χ0v) is 10.3. The fourth-order valence-electron chi connectivity index (χ4n) is 2.28. The minimum Gasteiger partial charge on any atom is -0.306 e. The van der Waals surface area contributed by atoms with Crippen LogP contribution in [-0.4, -0.2) is 37.0 Å². The summed E-state index contributed by atoms with van der Waals surface area (Å²) in [5.74, 6) is 2.25. The van der Waals surface area contributed by atoms with E-state index in [4.69, 9.17) is 0 Å². The molecule has 0 N–H and O–H groups in total. The van der Waals surface area contributed by atoms with Crippen LogP contribution >= 0.6 is 11.8 Å². The van der Waals surface area contributed by atoms with Crippen molar-refractivity contribution in [3.8, 4) is 0 Å². The van der Waals surface area contributed by atoms with Crippen LogP contribution in [0.3, 0.4) is 0 Å². The molecule has 0 aromatic carbocycles. The van der Waals surface area contributed by atoms with Gasteiger partial charge in [0.2, 0.25) is 0 Å². The van der Waals surface area contributed by atoms with Crippen molar-refractivity contribution in [1.29, 1.82) is 0 Å². The molecule has 1 aliphatic heterocycles. The lowest BCUT2D eigenvalue weighted by molar-refractivity contribution is 0.132. The summed E-state index contributed by atoms with van der Waals surface area (Å²) >= 11 is 1.99. The van der Waals surface area contributed by atoms with Crippen LogP contribution < -0.4 is 0 Å². The van der Waals surface area contributed by atoms with E-state index in [2.05, 4.69) is 32.1 Å². The summed E-state index contributed by atoms with van der Waals surface area (Å²) in [4.78, 5) is 2.45. The molecule has 0 bridgehead atoms. The Labute approximate surface area is 87.3 Å². The largest absolute Gasteiger partial charge is 0.306 e. The lowest BCUT2D eigenvalue weighted by Crippen LogP contribution is -2.37. The van der Waals surface area contributed by atoms with Gasteiger partial charge in [-0.25, -0.2) is 0 Å². The van der Waals surface area contributed by atoms with Crippen molar-refractivity contribution in [3.05, 3.63) is 0 Å². The van der Waals surface area contributed by atoms with Gasteiger partial charge >= 0.3 is 0 Å². The van der Waals surface area contributed by atoms with E-state index < -0.39 is 0 Å². The zero-order chi connectivity index (χ0) is 9.90. The van der Waals surface area contributed by atoms with Gasteiger partial charge in [0.1, 0.15) is 0 Å². The first kappa shape index (κ1) is 11.4. The molecule has 13 heavy (non-hydrogen) atoms. The Bertz CT molecular complexity index is 148. The lowest BCUT2D eigenvalue weighted by Gasteiger charge is -2.39. The highest BCUT2D eigenvalue weighted by Crippen LogP contribution is 2.36. The lowest BCUT2D eigenvalue weighted by atomic mass is 9.75. The third-order valence-electron chi connectivity index (χ3n) is 3.34. The molecule has 0 saturated carbocycles. The molecule has 0 atom stereocenters. The third kappa shape index (κ3) is 3.17. The Morgan fingerprint density at radius 2 is 1.85 bits per heavy atom. The average Bonchev–Trinajstić information content (AvgIpc) is 2.05. The molecule has 1 rings (SSSR count). The standard InChI is InChI=1S/C11H23NS/c1-11(2,9-13-4)10-5-7-12(3)8-6-10/h10H,5-9H2,1-4H3. The first-order valence-corrected chi connectivity index (χ1v) is 6.63. The van der Waals surface area contributed by atoms with E-state index >= 15 is 0 Å². The molecule has 0 amide bonds. The Morgan fingerprint density at radius 3 is 2.31 bits per heavy atom. The summed E-state index contributed by atoms with van der Waals surface area (Å²) < 4.78 is 0. The molecular formula is C11H23NS. The Kier molecular flexibility index (Phi) is 4.11. The first-order valence-electron chi connectivity index (χ1n) is 5.24. The summed E-state index contributed by atoms with van der Waals surface area (Å²) in [6.07, 6.45) is 5.00. The van der Waals surface area contributed by atoms with Crippen LogP contribution in [-0.2, 0) is 0 Å². The monoisotopic (exact) mass is 201 g/mol. The van der Waals surface area contributed by atoms with Gasteiger partial charge in [0.15, 0.2) is 0 Å². The van der Waals surface area contributed by atoms with Gasteiger partial charge in [-0.15, -0.1) is 0 Å². The van der Waals surface area contributed by atoms with E-state index in [1.165, 1.54) is 31.7 Å².